The Labute approximate surface area is 123 Å². The minimum absolute atomic E-state index is 0.122. The Kier molecular flexibility index (Phi) is 1.85. The van der Waals surface area contributed by atoms with E-state index in [4.69, 9.17) is 4.74 Å². The van der Waals surface area contributed by atoms with E-state index < -0.39 is 5.60 Å². The Morgan fingerprint density at radius 3 is 3.05 bits per heavy atom. The van der Waals surface area contributed by atoms with E-state index in [-0.39, 0.29) is 23.4 Å². The molecule has 108 valence electrons. The van der Waals surface area contributed by atoms with Gasteiger partial charge in [0.15, 0.2) is 0 Å². The number of aryl methyl sites for hydroxylation is 1. The number of esters is 1. The summed E-state index contributed by atoms with van der Waals surface area (Å²) in [7, 11) is 0. The molecule has 0 radical (unpaired) electrons. The second-order valence-corrected chi connectivity index (χ2v) is 7.26. The highest BCUT2D eigenvalue weighted by molar-refractivity contribution is 5.87. The Bertz CT molecular complexity index is 721. The Morgan fingerprint density at radius 2 is 2.24 bits per heavy atom. The van der Waals surface area contributed by atoms with Crippen molar-refractivity contribution in [2.45, 2.75) is 49.7 Å². The second-order valence-electron chi connectivity index (χ2n) is 7.26. The SMILES string of the molecule is C=C1[C@@H]2OC(=O)[C@H]3c4c(C)cccc4[C@@H]4CC[C@]1(O)C[C@@]243. The quantitative estimate of drug-likeness (QED) is 0.587. The van der Waals surface area contributed by atoms with Crippen molar-refractivity contribution in [1.82, 2.24) is 0 Å². The first-order valence-corrected chi connectivity index (χ1v) is 7.70. The number of carbonyl (C=O) groups is 1. The molecule has 1 N–H and O–H groups in total. The van der Waals surface area contributed by atoms with Crippen molar-refractivity contribution in [2.24, 2.45) is 5.41 Å². The summed E-state index contributed by atoms with van der Waals surface area (Å²) in [5.41, 5.74) is 3.24. The third kappa shape index (κ3) is 1.06. The van der Waals surface area contributed by atoms with E-state index in [0.717, 1.165) is 24.0 Å². The van der Waals surface area contributed by atoms with Crippen LogP contribution in [0.1, 0.15) is 47.8 Å². The number of benzene rings is 1. The fourth-order valence-corrected chi connectivity index (χ4v) is 5.76. The molecular weight excluding hydrogens is 264 g/mol. The van der Waals surface area contributed by atoms with E-state index >= 15 is 0 Å². The van der Waals surface area contributed by atoms with Gasteiger partial charge in [-0.3, -0.25) is 4.79 Å². The molecule has 1 aromatic carbocycles. The lowest BCUT2D eigenvalue weighted by atomic mass is 9.63. The van der Waals surface area contributed by atoms with Crippen molar-refractivity contribution in [1.29, 1.82) is 0 Å². The average molecular weight is 282 g/mol. The van der Waals surface area contributed by atoms with Gasteiger partial charge in [0.05, 0.1) is 11.5 Å². The number of ether oxygens (including phenoxy) is 1. The lowest BCUT2D eigenvalue weighted by molar-refractivity contribution is -0.141. The molecule has 1 aromatic rings. The molecule has 4 aliphatic rings. The van der Waals surface area contributed by atoms with Gasteiger partial charge in [-0.05, 0) is 54.4 Å². The van der Waals surface area contributed by atoms with Gasteiger partial charge in [-0.25, -0.2) is 0 Å². The van der Waals surface area contributed by atoms with Gasteiger partial charge >= 0.3 is 5.97 Å². The molecule has 3 fully saturated rings. The van der Waals surface area contributed by atoms with Crippen molar-refractivity contribution in [3.05, 3.63) is 47.0 Å². The molecular formula is C18H18O3. The van der Waals surface area contributed by atoms with E-state index in [2.05, 4.69) is 31.7 Å². The van der Waals surface area contributed by atoms with Crippen LogP contribution in [0.15, 0.2) is 30.4 Å². The van der Waals surface area contributed by atoms with E-state index in [1.165, 1.54) is 11.1 Å². The summed E-state index contributed by atoms with van der Waals surface area (Å²) in [6, 6.07) is 6.32. The first kappa shape index (κ1) is 12.0. The molecule has 2 bridgehead atoms. The number of carbonyl (C=O) groups excluding carboxylic acids is 1. The van der Waals surface area contributed by atoms with Crippen LogP contribution in [0.5, 0.6) is 0 Å². The molecule has 21 heavy (non-hydrogen) atoms. The molecule has 0 aromatic heterocycles. The number of fused-ring (bicyclic) bond motifs is 4. The fourth-order valence-electron chi connectivity index (χ4n) is 5.76. The molecule has 3 nitrogen and oxygen atoms in total. The van der Waals surface area contributed by atoms with Crippen molar-refractivity contribution < 1.29 is 14.6 Å². The Hall–Kier alpha value is -1.61. The smallest absolute Gasteiger partial charge is 0.314 e. The van der Waals surface area contributed by atoms with Crippen molar-refractivity contribution in [3.8, 4) is 0 Å². The molecule has 3 aliphatic carbocycles. The molecule has 2 saturated carbocycles. The van der Waals surface area contributed by atoms with Gasteiger partial charge in [0.25, 0.3) is 0 Å². The number of aliphatic hydroxyl groups is 1. The lowest BCUT2D eigenvalue weighted by Gasteiger charge is -2.39. The van der Waals surface area contributed by atoms with Crippen LogP contribution in [-0.4, -0.2) is 22.8 Å². The van der Waals surface area contributed by atoms with E-state index in [0.29, 0.717) is 12.3 Å². The first-order chi connectivity index (χ1) is 9.99. The third-order valence-electron chi connectivity index (χ3n) is 6.53. The highest BCUT2D eigenvalue weighted by atomic mass is 16.6. The van der Waals surface area contributed by atoms with Crippen molar-refractivity contribution >= 4 is 5.97 Å². The van der Waals surface area contributed by atoms with Crippen LogP contribution >= 0.6 is 0 Å². The van der Waals surface area contributed by atoms with Crippen LogP contribution in [0.4, 0.5) is 0 Å². The molecule has 0 amide bonds. The van der Waals surface area contributed by atoms with Gasteiger partial charge < -0.3 is 9.84 Å². The normalized spacial score (nSPS) is 45.5. The maximum absolute atomic E-state index is 12.6. The standard InChI is InChI=1S/C18H18O3/c1-9-4-3-5-11-12-6-7-17(20)8-18(12)14(13(9)11)16(19)21-15(18)10(17)2/h3-5,12,14-15,20H,2,6-8H2,1H3/t12-,14+,15-,17-,18+/m0/s1. The van der Waals surface area contributed by atoms with Crippen LogP contribution in [0.2, 0.25) is 0 Å². The highest BCUT2D eigenvalue weighted by Gasteiger charge is 2.75. The minimum Gasteiger partial charge on any atom is -0.457 e. The first-order valence-electron chi connectivity index (χ1n) is 7.70. The molecule has 1 heterocycles. The lowest BCUT2D eigenvalue weighted by Crippen LogP contribution is -2.39. The summed E-state index contributed by atoms with van der Waals surface area (Å²) in [6.45, 7) is 6.17. The molecule has 1 spiro atoms. The van der Waals surface area contributed by atoms with Crippen LogP contribution < -0.4 is 0 Å². The third-order valence-corrected chi connectivity index (χ3v) is 6.53. The monoisotopic (exact) mass is 282 g/mol. The van der Waals surface area contributed by atoms with Gasteiger partial charge in [-0.1, -0.05) is 24.8 Å². The average Bonchev–Trinajstić information content (AvgIpc) is 2.93. The fraction of sp³-hybridized carbons (Fsp3) is 0.500. The van der Waals surface area contributed by atoms with Crippen LogP contribution in [0.3, 0.4) is 0 Å². The van der Waals surface area contributed by atoms with Crippen molar-refractivity contribution in [3.63, 3.8) is 0 Å². The zero-order valence-corrected chi connectivity index (χ0v) is 12.1. The summed E-state index contributed by atoms with van der Waals surface area (Å²) in [5.74, 6) is -0.0219. The molecule has 0 unspecified atom stereocenters. The molecule has 5 rings (SSSR count). The number of rotatable bonds is 0. The number of hydrogen-bond donors (Lipinski definition) is 1. The maximum Gasteiger partial charge on any atom is 0.314 e. The van der Waals surface area contributed by atoms with Gasteiger partial charge in [0.2, 0.25) is 0 Å². The van der Waals surface area contributed by atoms with E-state index in [1.807, 2.05) is 0 Å². The summed E-state index contributed by atoms with van der Waals surface area (Å²) < 4.78 is 5.71. The molecule has 5 atom stereocenters. The molecule has 3 heteroatoms. The zero-order chi connectivity index (χ0) is 14.6. The summed E-state index contributed by atoms with van der Waals surface area (Å²) >= 11 is 0. The van der Waals surface area contributed by atoms with Crippen LogP contribution in [0.25, 0.3) is 0 Å². The topological polar surface area (TPSA) is 46.5 Å². The molecule has 1 aliphatic heterocycles. The van der Waals surface area contributed by atoms with Crippen LogP contribution in [-0.2, 0) is 9.53 Å². The van der Waals surface area contributed by atoms with Gasteiger partial charge in [0.1, 0.15) is 6.10 Å². The number of hydrogen-bond acceptors (Lipinski definition) is 3. The van der Waals surface area contributed by atoms with Crippen molar-refractivity contribution in [2.75, 3.05) is 0 Å². The van der Waals surface area contributed by atoms with E-state index in [1.54, 1.807) is 0 Å². The van der Waals surface area contributed by atoms with Gasteiger partial charge in [-0.15, -0.1) is 0 Å². The predicted octanol–water partition coefficient (Wildman–Crippen LogP) is 2.57. The molecule has 1 saturated heterocycles. The van der Waals surface area contributed by atoms with Crippen LogP contribution in [0, 0.1) is 12.3 Å². The predicted molar refractivity (Wildman–Crippen MR) is 76.9 cm³/mol. The Morgan fingerprint density at radius 1 is 1.43 bits per heavy atom. The summed E-state index contributed by atoms with van der Waals surface area (Å²) in [5, 5.41) is 10.9. The minimum atomic E-state index is -0.837. The summed E-state index contributed by atoms with van der Waals surface area (Å²) in [6.07, 6.45) is 1.96. The summed E-state index contributed by atoms with van der Waals surface area (Å²) in [4.78, 5) is 12.6. The maximum atomic E-state index is 12.6. The highest BCUT2D eigenvalue weighted by Crippen LogP contribution is 2.74. The second kappa shape index (κ2) is 3.25. The Balaban J connectivity index is 1.84. The van der Waals surface area contributed by atoms with Gasteiger partial charge in [0, 0.05) is 5.41 Å². The largest absolute Gasteiger partial charge is 0.457 e. The van der Waals surface area contributed by atoms with E-state index in [9.17, 15) is 9.90 Å². The van der Waals surface area contributed by atoms with Gasteiger partial charge in [-0.2, -0.15) is 0 Å². The zero-order valence-electron chi connectivity index (χ0n) is 12.1.